The van der Waals surface area contributed by atoms with Crippen LogP contribution in [0.3, 0.4) is 0 Å². The van der Waals surface area contributed by atoms with Gasteiger partial charge in [0, 0.05) is 10.0 Å². The largest absolute Gasteiger partial charge is 0.487 e. The first-order valence-electron chi connectivity index (χ1n) is 5.46. The van der Waals surface area contributed by atoms with Crippen LogP contribution < -0.4 is 4.74 Å². The summed E-state index contributed by atoms with van der Waals surface area (Å²) < 4.78 is 6.71. The van der Waals surface area contributed by atoms with Crippen molar-refractivity contribution < 1.29 is 9.84 Å². The summed E-state index contributed by atoms with van der Waals surface area (Å²) >= 11 is 9.44. The van der Waals surface area contributed by atoms with Crippen LogP contribution in [0.1, 0.15) is 11.1 Å². The molecule has 0 radical (unpaired) electrons. The third kappa shape index (κ3) is 3.25. The van der Waals surface area contributed by atoms with Gasteiger partial charge in [0.05, 0.1) is 11.6 Å². The van der Waals surface area contributed by atoms with Gasteiger partial charge in [-0.05, 0) is 23.8 Å². The molecule has 0 atom stereocenters. The monoisotopic (exact) mass is 326 g/mol. The third-order valence-electron chi connectivity index (χ3n) is 2.52. The fraction of sp³-hybridized carbons (Fsp3) is 0.143. The normalized spacial score (nSPS) is 10.4. The van der Waals surface area contributed by atoms with Gasteiger partial charge in [0.25, 0.3) is 0 Å². The molecular weight excluding hydrogens is 316 g/mol. The van der Waals surface area contributed by atoms with E-state index in [-0.39, 0.29) is 6.61 Å². The van der Waals surface area contributed by atoms with Crippen molar-refractivity contribution in [3.63, 3.8) is 0 Å². The molecule has 2 aromatic carbocycles. The van der Waals surface area contributed by atoms with Crippen LogP contribution in [0.2, 0.25) is 5.02 Å². The molecule has 4 heteroatoms. The predicted octanol–water partition coefficient (Wildman–Crippen LogP) is 4.17. The van der Waals surface area contributed by atoms with E-state index < -0.39 is 0 Å². The van der Waals surface area contributed by atoms with Crippen molar-refractivity contribution in [1.29, 1.82) is 0 Å². The summed E-state index contributed by atoms with van der Waals surface area (Å²) in [6, 6.07) is 13.2. The highest BCUT2D eigenvalue weighted by molar-refractivity contribution is 9.10. The minimum Gasteiger partial charge on any atom is -0.487 e. The summed E-state index contributed by atoms with van der Waals surface area (Å²) in [6.45, 7) is 0.334. The fourth-order valence-electron chi connectivity index (χ4n) is 1.58. The molecule has 0 saturated carbocycles. The van der Waals surface area contributed by atoms with E-state index in [0.29, 0.717) is 22.9 Å². The molecule has 0 aliphatic heterocycles. The number of ether oxygens (including phenoxy) is 1. The summed E-state index contributed by atoms with van der Waals surface area (Å²) in [5.74, 6) is 0.546. The van der Waals surface area contributed by atoms with Gasteiger partial charge in [-0.1, -0.05) is 51.8 Å². The highest BCUT2D eigenvalue weighted by Gasteiger charge is 2.07. The molecule has 0 spiro atoms. The van der Waals surface area contributed by atoms with E-state index >= 15 is 0 Å². The highest BCUT2D eigenvalue weighted by atomic mass is 79.9. The van der Waals surface area contributed by atoms with E-state index in [2.05, 4.69) is 15.9 Å². The van der Waals surface area contributed by atoms with E-state index in [1.807, 2.05) is 24.3 Å². The Kier molecular flexibility index (Phi) is 4.64. The number of aliphatic hydroxyl groups is 1. The SMILES string of the molecule is OCc1cccc(Cl)c1OCc1ccc(Br)cc1. The number of benzene rings is 2. The average molecular weight is 328 g/mol. The van der Waals surface area contributed by atoms with E-state index in [1.54, 1.807) is 18.2 Å². The molecule has 0 unspecified atom stereocenters. The Morgan fingerprint density at radius 2 is 1.83 bits per heavy atom. The molecule has 2 nitrogen and oxygen atoms in total. The van der Waals surface area contributed by atoms with Gasteiger partial charge in [-0.2, -0.15) is 0 Å². The van der Waals surface area contributed by atoms with E-state index in [4.69, 9.17) is 16.3 Å². The van der Waals surface area contributed by atoms with E-state index in [9.17, 15) is 5.11 Å². The Hall–Kier alpha value is -1.03. The van der Waals surface area contributed by atoms with Crippen molar-refractivity contribution in [3.8, 4) is 5.75 Å². The zero-order valence-electron chi connectivity index (χ0n) is 9.57. The standard InChI is InChI=1S/C14H12BrClO2/c15-12-6-4-10(5-7-12)9-18-14-11(8-17)2-1-3-13(14)16/h1-7,17H,8-9H2. The van der Waals surface area contributed by atoms with Crippen LogP contribution >= 0.6 is 27.5 Å². The van der Waals surface area contributed by atoms with Crippen LogP contribution in [0.15, 0.2) is 46.9 Å². The Morgan fingerprint density at radius 1 is 1.11 bits per heavy atom. The van der Waals surface area contributed by atoms with Crippen LogP contribution in [-0.2, 0) is 13.2 Å². The van der Waals surface area contributed by atoms with Crippen molar-refractivity contribution in [2.24, 2.45) is 0 Å². The summed E-state index contributed by atoms with van der Waals surface area (Å²) in [5, 5.41) is 9.74. The van der Waals surface area contributed by atoms with Gasteiger partial charge in [-0.15, -0.1) is 0 Å². The van der Waals surface area contributed by atoms with Crippen LogP contribution in [0.4, 0.5) is 0 Å². The third-order valence-corrected chi connectivity index (χ3v) is 3.34. The molecule has 0 aliphatic rings. The minimum atomic E-state index is -0.0871. The predicted molar refractivity (Wildman–Crippen MR) is 75.8 cm³/mol. The van der Waals surface area contributed by atoms with Crippen molar-refractivity contribution in [2.45, 2.75) is 13.2 Å². The van der Waals surface area contributed by atoms with E-state index in [0.717, 1.165) is 10.0 Å². The number of aliphatic hydroxyl groups excluding tert-OH is 1. The number of para-hydroxylation sites is 1. The van der Waals surface area contributed by atoms with E-state index in [1.165, 1.54) is 0 Å². The summed E-state index contributed by atoms with van der Waals surface area (Å²) in [5.41, 5.74) is 1.74. The first-order chi connectivity index (χ1) is 8.70. The molecule has 94 valence electrons. The van der Waals surface area contributed by atoms with Gasteiger partial charge in [-0.3, -0.25) is 0 Å². The maximum atomic E-state index is 9.23. The smallest absolute Gasteiger partial charge is 0.143 e. The van der Waals surface area contributed by atoms with Crippen molar-refractivity contribution in [2.75, 3.05) is 0 Å². The van der Waals surface area contributed by atoms with Crippen LogP contribution in [0.5, 0.6) is 5.75 Å². The lowest BCUT2D eigenvalue weighted by Crippen LogP contribution is -1.99. The van der Waals surface area contributed by atoms with Gasteiger partial charge >= 0.3 is 0 Å². The Labute approximate surface area is 119 Å². The lowest BCUT2D eigenvalue weighted by atomic mass is 10.2. The quantitative estimate of drug-likeness (QED) is 0.913. The number of rotatable bonds is 4. The first-order valence-corrected chi connectivity index (χ1v) is 6.63. The second-order valence-corrected chi connectivity index (χ2v) is 5.12. The maximum absolute atomic E-state index is 9.23. The molecule has 18 heavy (non-hydrogen) atoms. The van der Waals surface area contributed by atoms with Gasteiger partial charge in [0.1, 0.15) is 12.4 Å². The highest BCUT2D eigenvalue weighted by Crippen LogP contribution is 2.29. The molecule has 0 aliphatic carbocycles. The molecular formula is C14H12BrClO2. The Balaban J connectivity index is 2.12. The Bertz CT molecular complexity index is 526. The van der Waals surface area contributed by atoms with Gasteiger partial charge in [0.15, 0.2) is 0 Å². The van der Waals surface area contributed by atoms with Gasteiger partial charge < -0.3 is 9.84 Å². The van der Waals surface area contributed by atoms with Crippen molar-refractivity contribution in [1.82, 2.24) is 0 Å². The van der Waals surface area contributed by atoms with Crippen molar-refractivity contribution >= 4 is 27.5 Å². The molecule has 1 N–H and O–H groups in total. The lowest BCUT2D eigenvalue weighted by Gasteiger charge is -2.11. The molecule has 0 fully saturated rings. The zero-order valence-corrected chi connectivity index (χ0v) is 11.9. The average Bonchev–Trinajstić information content (AvgIpc) is 2.39. The second kappa shape index (κ2) is 6.23. The summed E-state index contributed by atoms with van der Waals surface area (Å²) in [6.07, 6.45) is 0. The summed E-state index contributed by atoms with van der Waals surface area (Å²) in [4.78, 5) is 0. The zero-order chi connectivity index (χ0) is 13.0. The van der Waals surface area contributed by atoms with Gasteiger partial charge in [-0.25, -0.2) is 0 Å². The molecule has 0 heterocycles. The molecule has 0 saturated heterocycles. The molecule has 0 bridgehead atoms. The Morgan fingerprint density at radius 3 is 2.50 bits per heavy atom. The van der Waals surface area contributed by atoms with Crippen LogP contribution in [0.25, 0.3) is 0 Å². The molecule has 2 aromatic rings. The van der Waals surface area contributed by atoms with Crippen LogP contribution in [-0.4, -0.2) is 5.11 Å². The topological polar surface area (TPSA) is 29.5 Å². The molecule has 2 rings (SSSR count). The first kappa shape index (κ1) is 13.4. The molecule has 0 aromatic heterocycles. The van der Waals surface area contributed by atoms with Crippen molar-refractivity contribution in [3.05, 3.63) is 63.1 Å². The number of halogens is 2. The number of hydrogen-bond acceptors (Lipinski definition) is 2. The molecule has 0 amide bonds. The van der Waals surface area contributed by atoms with Crippen LogP contribution in [0, 0.1) is 0 Å². The minimum absolute atomic E-state index is 0.0871. The summed E-state index contributed by atoms with van der Waals surface area (Å²) in [7, 11) is 0. The number of hydrogen-bond donors (Lipinski definition) is 1. The fourth-order valence-corrected chi connectivity index (χ4v) is 2.09. The van der Waals surface area contributed by atoms with Gasteiger partial charge in [0.2, 0.25) is 0 Å². The maximum Gasteiger partial charge on any atom is 0.143 e. The lowest BCUT2D eigenvalue weighted by molar-refractivity contribution is 0.259. The second-order valence-electron chi connectivity index (χ2n) is 3.80.